The maximum Gasteiger partial charge on any atom is 0.251 e. The minimum Gasteiger partial charge on any atom is -0.485 e. The second-order valence-corrected chi connectivity index (χ2v) is 11.2. The van der Waals surface area contributed by atoms with Crippen LogP contribution in [-0.4, -0.2) is 53.6 Å². The molecule has 0 radical (unpaired) electrons. The highest BCUT2D eigenvalue weighted by molar-refractivity contribution is 7.22. The first-order valence-corrected chi connectivity index (χ1v) is 15.0. The average Bonchev–Trinajstić information content (AvgIpc) is 3.39. The number of pyridine rings is 1. The number of benzene rings is 2. The number of nitrogens with one attached hydrogen (secondary N) is 2. The monoisotopic (exact) mass is 591 g/mol. The number of morpholine rings is 1. The van der Waals surface area contributed by atoms with Crippen molar-refractivity contribution in [2.24, 2.45) is 0 Å². The van der Waals surface area contributed by atoms with Crippen LogP contribution < -0.4 is 15.4 Å². The van der Waals surface area contributed by atoms with Crippen molar-refractivity contribution in [3.63, 3.8) is 0 Å². The number of carbonyl (C=O) groups is 1. The number of fused-ring (bicyclic) bond motifs is 1. The molecule has 3 heterocycles. The van der Waals surface area contributed by atoms with Crippen molar-refractivity contribution >= 4 is 55.6 Å². The molecule has 1 aliphatic heterocycles. The number of hydrogen-bond acceptors (Lipinski definition) is 8. The Morgan fingerprint density at radius 3 is 2.83 bits per heavy atom. The van der Waals surface area contributed by atoms with Crippen LogP contribution in [0.2, 0.25) is 5.02 Å². The molecule has 1 amide bonds. The second kappa shape index (κ2) is 14.4. The topological polar surface area (TPSA) is 88.6 Å². The zero-order chi connectivity index (χ0) is 28.4. The first-order valence-electron chi connectivity index (χ1n) is 13.8. The molecule has 0 saturated carbocycles. The van der Waals surface area contributed by atoms with Crippen molar-refractivity contribution in [3.8, 4) is 5.75 Å². The van der Waals surface area contributed by atoms with Crippen LogP contribution in [0.15, 0.2) is 72.4 Å². The molecule has 214 valence electrons. The molecule has 1 fully saturated rings. The van der Waals surface area contributed by atoms with Crippen LogP contribution >= 0.6 is 22.9 Å². The summed E-state index contributed by atoms with van der Waals surface area (Å²) in [5, 5.41) is 7.70. The van der Waals surface area contributed by atoms with Crippen LogP contribution in [0.1, 0.15) is 31.9 Å². The van der Waals surface area contributed by atoms with Gasteiger partial charge in [-0.2, -0.15) is 0 Å². The lowest BCUT2D eigenvalue weighted by Crippen LogP contribution is -2.36. The average molecular weight is 592 g/mol. The number of halogens is 1. The van der Waals surface area contributed by atoms with E-state index >= 15 is 0 Å². The van der Waals surface area contributed by atoms with E-state index in [0.717, 1.165) is 79.3 Å². The number of ether oxygens (including phenoxy) is 2. The summed E-state index contributed by atoms with van der Waals surface area (Å²) in [6.45, 7) is 6.92. The van der Waals surface area contributed by atoms with E-state index in [-0.39, 0.29) is 5.91 Å². The Balaban J connectivity index is 1.19. The van der Waals surface area contributed by atoms with Gasteiger partial charge in [-0.1, -0.05) is 35.1 Å². The van der Waals surface area contributed by atoms with Gasteiger partial charge in [0.05, 0.1) is 34.8 Å². The molecule has 4 aromatic rings. The summed E-state index contributed by atoms with van der Waals surface area (Å²) in [4.78, 5) is 24.5. The summed E-state index contributed by atoms with van der Waals surface area (Å²) >= 11 is 7.78. The Morgan fingerprint density at radius 1 is 1.15 bits per heavy atom. The molecule has 0 atom stereocenters. The lowest BCUT2D eigenvalue weighted by molar-refractivity contribution is -0.113. The number of rotatable bonds is 12. The number of allylic oxidation sites excluding steroid dienone is 1. The van der Waals surface area contributed by atoms with Gasteiger partial charge in [0.15, 0.2) is 5.13 Å². The van der Waals surface area contributed by atoms with E-state index in [9.17, 15) is 4.79 Å². The fourth-order valence-corrected chi connectivity index (χ4v) is 5.70. The van der Waals surface area contributed by atoms with Gasteiger partial charge in [0.25, 0.3) is 5.91 Å². The second-order valence-electron chi connectivity index (χ2n) is 9.76. The Morgan fingerprint density at radius 2 is 2.02 bits per heavy atom. The Bertz CT molecular complexity index is 1490. The molecule has 5 rings (SSSR count). The lowest BCUT2D eigenvalue weighted by Gasteiger charge is -2.26. The first-order chi connectivity index (χ1) is 20.1. The normalized spacial score (nSPS) is 14.2. The van der Waals surface area contributed by atoms with Crippen molar-refractivity contribution in [3.05, 3.63) is 83.2 Å². The number of carbonyl (C=O) groups excluding carboxylic acids is 1. The number of thiazole rings is 1. The molecular formula is C31H34ClN5O3S. The largest absolute Gasteiger partial charge is 0.485 e. The van der Waals surface area contributed by atoms with E-state index in [0.29, 0.717) is 28.2 Å². The van der Waals surface area contributed by atoms with E-state index in [1.54, 1.807) is 12.3 Å². The van der Waals surface area contributed by atoms with Gasteiger partial charge in [-0.05, 0) is 81.3 Å². The van der Waals surface area contributed by atoms with Gasteiger partial charge in [0, 0.05) is 35.6 Å². The van der Waals surface area contributed by atoms with E-state index in [1.165, 1.54) is 11.3 Å². The van der Waals surface area contributed by atoms with E-state index in [2.05, 4.69) is 20.5 Å². The molecule has 2 aromatic carbocycles. The van der Waals surface area contributed by atoms with Crippen molar-refractivity contribution in [1.82, 2.24) is 14.9 Å². The van der Waals surface area contributed by atoms with Crippen molar-refractivity contribution in [1.29, 1.82) is 0 Å². The molecule has 0 aliphatic carbocycles. The fourth-order valence-electron chi connectivity index (χ4n) is 4.61. The Hall–Kier alpha value is -3.50. The number of amides is 1. The lowest BCUT2D eigenvalue weighted by atomic mass is 10.1. The van der Waals surface area contributed by atoms with Crippen LogP contribution in [-0.2, 0) is 16.1 Å². The molecule has 8 nitrogen and oxygen atoms in total. The maximum atomic E-state index is 13.0. The fraction of sp³-hybridized carbons (Fsp3) is 0.323. The predicted octanol–water partition coefficient (Wildman–Crippen LogP) is 7.05. The van der Waals surface area contributed by atoms with Gasteiger partial charge < -0.3 is 20.1 Å². The van der Waals surface area contributed by atoms with Gasteiger partial charge in [-0.3, -0.25) is 14.7 Å². The number of nitrogens with zero attached hydrogens (tertiary/aromatic N) is 3. The third kappa shape index (κ3) is 8.27. The van der Waals surface area contributed by atoms with Gasteiger partial charge in [0.1, 0.15) is 12.4 Å². The van der Waals surface area contributed by atoms with Crippen LogP contribution in [0, 0.1) is 0 Å². The van der Waals surface area contributed by atoms with Gasteiger partial charge in [-0.25, -0.2) is 4.98 Å². The number of anilines is 3. The van der Waals surface area contributed by atoms with Crippen LogP contribution in [0.5, 0.6) is 5.75 Å². The maximum absolute atomic E-state index is 13.0. The molecular weight excluding hydrogens is 558 g/mol. The minimum absolute atomic E-state index is 0.0605. The van der Waals surface area contributed by atoms with Gasteiger partial charge in [0.2, 0.25) is 0 Å². The molecule has 0 unspecified atom stereocenters. The highest BCUT2D eigenvalue weighted by Crippen LogP contribution is 2.35. The van der Waals surface area contributed by atoms with E-state index < -0.39 is 0 Å². The molecule has 0 bridgehead atoms. The molecule has 1 aliphatic rings. The van der Waals surface area contributed by atoms with Crippen LogP contribution in [0.3, 0.4) is 0 Å². The van der Waals surface area contributed by atoms with Crippen molar-refractivity contribution < 1.29 is 14.3 Å². The summed E-state index contributed by atoms with van der Waals surface area (Å²) < 4.78 is 12.4. The zero-order valence-corrected chi connectivity index (χ0v) is 24.6. The first kappa shape index (κ1) is 29.0. The van der Waals surface area contributed by atoms with Crippen molar-refractivity contribution in [2.75, 3.05) is 43.5 Å². The molecule has 10 heteroatoms. The van der Waals surface area contributed by atoms with Crippen molar-refractivity contribution in [2.45, 2.75) is 32.8 Å². The number of hydrogen-bond donors (Lipinski definition) is 2. The number of aromatic nitrogens is 2. The van der Waals surface area contributed by atoms with Gasteiger partial charge in [-0.15, -0.1) is 0 Å². The third-order valence-corrected chi connectivity index (χ3v) is 8.01. The molecule has 41 heavy (non-hydrogen) atoms. The quantitative estimate of drug-likeness (QED) is 0.135. The highest BCUT2D eigenvalue weighted by atomic mass is 35.5. The van der Waals surface area contributed by atoms with E-state index in [4.69, 9.17) is 26.1 Å². The third-order valence-electron chi connectivity index (χ3n) is 6.85. The van der Waals surface area contributed by atoms with Gasteiger partial charge >= 0.3 is 0 Å². The van der Waals surface area contributed by atoms with E-state index in [1.807, 2.05) is 61.5 Å². The Kier molecular flexibility index (Phi) is 10.2. The highest BCUT2D eigenvalue weighted by Gasteiger charge is 2.14. The smallest absolute Gasteiger partial charge is 0.251 e. The summed E-state index contributed by atoms with van der Waals surface area (Å²) in [5.74, 6) is 0.589. The molecule has 0 spiro atoms. The SMILES string of the molecule is C/C=C(\CCCCN1CCOCC1)C(=O)Nc1ccc2nc(Nc3cc(Cl)ccc3OCc3ccccn3)sc2c1. The summed E-state index contributed by atoms with van der Waals surface area (Å²) in [6, 6.07) is 16.9. The van der Waals surface area contributed by atoms with Crippen LogP contribution in [0.25, 0.3) is 10.2 Å². The standard InChI is InChI=1S/C31H34ClN5O3S/c1-2-22(7-4-6-14-37-15-17-39-18-16-37)30(38)34-24-10-11-26-29(20-24)41-31(35-26)36-27-19-23(32)9-12-28(27)40-21-25-8-3-5-13-33-25/h2-3,5,8-13,19-20H,4,6-7,14-18,21H2,1H3,(H,34,38)(H,35,36)/b22-2+. The number of unbranched alkanes of at least 4 members (excludes halogenated alkanes) is 1. The summed E-state index contributed by atoms with van der Waals surface area (Å²) in [6.07, 6.45) is 6.45. The molecule has 1 saturated heterocycles. The summed E-state index contributed by atoms with van der Waals surface area (Å²) in [7, 11) is 0. The summed E-state index contributed by atoms with van der Waals surface area (Å²) in [5.41, 5.74) is 3.93. The molecule has 2 aromatic heterocycles. The Labute approximate surface area is 249 Å². The predicted molar refractivity (Wildman–Crippen MR) is 166 cm³/mol. The minimum atomic E-state index is -0.0605. The zero-order valence-electron chi connectivity index (χ0n) is 23.1. The molecule has 2 N–H and O–H groups in total. The van der Waals surface area contributed by atoms with Crippen LogP contribution in [0.4, 0.5) is 16.5 Å².